The predicted octanol–water partition coefficient (Wildman–Crippen LogP) is 4.58. The smallest absolute Gasteiger partial charge is 0.410 e. The molecular formula is C33H37N3O10S. The fraction of sp³-hybridized carbons (Fsp3) is 0.485. The van der Waals surface area contributed by atoms with Gasteiger partial charge in [-0.25, -0.2) is 14.6 Å². The number of oxazole rings is 1. The molecule has 0 unspecified atom stereocenters. The molecule has 6 rings (SSSR count). The lowest BCUT2D eigenvalue weighted by Gasteiger charge is -2.45. The van der Waals surface area contributed by atoms with E-state index in [1.807, 2.05) is 31.2 Å². The second-order valence-electron chi connectivity index (χ2n) is 11.7. The lowest BCUT2D eigenvalue weighted by atomic mass is 9.69. The second kappa shape index (κ2) is 13.8. The van der Waals surface area contributed by atoms with Crippen LogP contribution in [0, 0.1) is 12.3 Å². The summed E-state index contributed by atoms with van der Waals surface area (Å²) in [5, 5.41) is 0.506. The number of aromatic nitrogens is 1. The molecule has 250 valence electrons. The van der Waals surface area contributed by atoms with Gasteiger partial charge in [0.15, 0.2) is 12.4 Å². The van der Waals surface area contributed by atoms with Crippen LogP contribution in [0.3, 0.4) is 0 Å². The van der Waals surface area contributed by atoms with E-state index in [4.69, 9.17) is 23.4 Å². The molecule has 13 nitrogen and oxygen atoms in total. The molecule has 0 radical (unpaired) electrons. The zero-order chi connectivity index (χ0) is 33.1. The average molecular weight is 668 g/mol. The summed E-state index contributed by atoms with van der Waals surface area (Å²) >= 11 is 1.29. The number of Topliss-reactive ketones (excluding diaryl/α,β-unsaturated/α-hetero) is 1. The number of thiophene rings is 1. The number of ketones is 1. The lowest BCUT2D eigenvalue weighted by Crippen LogP contribution is -2.58. The zero-order valence-electron chi connectivity index (χ0n) is 26.5. The molecule has 1 atom stereocenters. The maximum Gasteiger partial charge on any atom is 0.410 e. The standard InChI is InChI=1S/C33H37N3O10S/c1-20-26-28(38)33(10-13-35(14-11-33)32(40)45-19-25(37)42-3)31(39)36(30(26)47-27(20)29-34-12-17-44-29)18-24(46-21-8-15-43-16-9-21)22-6-4-5-7-23(22)41-2/h4-7,12,17,21,24H,8-11,13-16,18-19H2,1-3H3/t24-/m0/s1. The van der Waals surface area contributed by atoms with Crippen LogP contribution < -0.4 is 9.64 Å². The van der Waals surface area contributed by atoms with Gasteiger partial charge in [0, 0.05) is 31.9 Å². The van der Waals surface area contributed by atoms with E-state index >= 15 is 0 Å². The summed E-state index contributed by atoms with van der Waals surface area (Å²) in [5.41, 5.74) is 0.476. The molecule has 0 aliphatic carbocycles. The summed E-state index contributed by atoms with van der Waals surface area (Å²) in [6, 6.07) is 7.56. The van der Waals surface area contributed by atoms with Crippen LogP contribution in [0.1, 0.15) is 53.3 Å². The van der Waals surface area contributed by atoms with Crippen LogP contribution in [0.25, 0.3) is 10.8 Å². The Morgan fingerprint density at radius 3 is 2.55 bits per heavy atom. The molecule has 47 heavy (non-hydrogen) atoms. The highest BCUT2D eigenvalue weighted by Crippen LogP contribution is 2.52. The van der Waals surface area contributed by atoms with Crippen molar-refractivity contribution in [3.63, 3.8) is 0 Å². The first kappa shape index (κ1) is 32.7. The van der Waals surface area contributed by atoms with Crippen molar-refractivity contribution in [1.29, 1.82) is 0 Å². The third kappa shape index (κ3) is 6.24. The van der Waals surface area contributed by atoms with Crippen LogP contribution in [-0.4, -0.2) is 93.4 Å². The van der Waals surface area contributed by atoms with Crippen LogP contribution in [0.4, 0.5) is 9.80 Å². The predicted molar refractivity (Wildman–Crippen MR) is 169 cm³/mol. The molecule has 0 bridgehead atoms. The number of piperidine rings is 1. The number of hydrogen-bond acceptors (Lipinski definition) is 12. The van der Waals surface area contributed by atoms with Crippen molar-refractivity contribution in [3.8, 4) is 16.5 Å². The molecule has 2 amide bonds. The fourth-order valence-corrected chi connectivity index (χ4v) is 7.74. The Hall–Kier alpha value is -4.27. The maximum atomic E-state index is 14.8. The fourth-order valence-electron chi connectivity index (χ4n) is 6.49. The van der Waals surface area contributed by atoms with E-state index in [-0.39, 0.29) is 50.3 Å². The SMILES string of the molecule is COC(=O)COC(=O)N1CCC2(CC1)C(=O)c1c(sc(-c3ncco3)c1C)N(C[C@H](OC1CCOCC1)c1ccccc1OC)C2=O. The van der Waals surface area contributed by atoms with E-state index in [0.717, 1.165) is 5.56 Å². The van der Waals surface area contributed by atoms with Gasteiger partial charge in [0.2, 0.25) is 11.8 Å². The third-order valence-electron chi connectivity index (χ3n) is 9.09. The normalized spacial score (nSPS) is 18.6. The molecule has 0 saturated carbocycles. The number of likely N-dealkylation sites (tertiary alicyclic amines) is 1. The van der Waals surface area contributed by atoms with E-state index in [1.165, 1.54) is 35.8 Å². The Labute approximate surface area is 275 Å². The highest BCUT2D eigenvalue weighted by Gasteiger charge is 2.56. The number of para-hydroxylation sites is 1. The summed E-state index contributed by atoms with van der Waals surface area (Å²) in [6.07, 6.45) is 3.19. The van der Waals surface area contributed by atoms with Crippen molar-refractivity contribution >= 4 is 40.1 Å². The number of nitrogens with zero attached hydrogens (tertiary/aromatic N) is 3. The van der Waals surface area contributed by atoms with Crippen LogP contribution in [0.15, 0.2) is 41.1 Å². The minimum atomic E-state index is -1.42. The van der Waals surface area contributed by atoms with Gasteiger partial charge in [-0.2, -0.15) is 0 Å². The van der Waals surface area contributed by atoms with Gasteiger partial charge in [0.1, 0.15) is 28.5 Å². The van der Waals surface area contributed by atoms with Gasteiger partial charge < -0.3 is 33.0 Å². The minimum Gasteiger partial charge on any atom is -0.496 e. The van der Waals surface area contributed by atoms with E-state index in [2.05, 4.69) is 9.72 Å². The first-order valence-electron chi connectivity index (χ1n) is 15.5. The van der Waals surface area contributed by atoms with Gasteiger partial charge in [-0.1, -0.05) is 18.2 Å². The molecule has 2 fully saturated rings. The summed E-state index contributed by atoms with van der Waals surface area (Å²) in [7, 11) is 2.80. The third-order valence-corrected chi connectivity index (χ3v) is 10.4. The summed E-state index contributed by atoms with van der Waals surface area (Å²) in [4.78, 5) is 61.6. The van der Waals surface area contributed by atoms with Gasteiger partial charge in [-0.05, 0) is 44.2 Å². The number of esters is 1. The molecule has 0 N–H and O–H groups in total. The van der Waals surface area contributed by atoms with E-state index in [0.29, 0.717) is 58.7 Å². The topological polar surface area (TPSA) is 147 Å². The number of anilines is 1. The summed E-state index contributed by atoms with van der Waals surface area (Å²) in [6.45, 7) is 2.77. The Bertz CT molecular complexity index is 1620. The molecule has 3 aliphatic rings. The number of amides is 2. The van der Waals surface area contributed by atoms with Crippen molar-refractivity contribution in [2.24, 2.45) is 5.41 Å². The van der Waals surface area contributed by atoms with Crippen molar-refractivity contribution in [2.75, 3.05) is 58.6 Å². The number of rotatable bonds is 9. The quantitative estimate of drug-likeness (QED) is 0.233. The number of hydrogen-bond donors (Lipinski definition) is 0. The van der Waals surface area contributed by atoms with Gasteiger partial charge in [0.25, 0.3) is 0 Å². The number of fused-ring (bicyclic) bond motifs is 1. The molecule has 2 saturated heterocycles. The van der Waals surface area contributed by atoms with Crippen molar-refractivity contribution in [2.45, 2.75) is 44.8 Å². The summed E-state index contributed by atoms with van der Waals surface area (Å²) in [5.74, 6) is -0.342. The van der Waals surface area contributed by atoms with Gasteiger partial charge in [-0.15, -0.1) is 11.3 Å². The molecule has 5 heterocycles. The molecule has 1 aromatic carbocycles. The van der Waals surface area contributed by atoms with Gasteiger partial charge >= 0.3 is 12.1 Å². The first-order chi connectivity index (χ1) is 22.8. The Morgan fingerprint density at radius 1 is 1.13 bits per heavy atom. The minimum absolute atomic E-state index is 0.0811. The molecule has 3 aromatic rings. The van der Waals surface area contributed by atoms with Crippen molar-refractivity contribution in [3.05, 3.63) is 53.4 Å². The molecule has 2 aromatic heterocycles. The number of benzene rings is 1. The van der Waals surface area contributed by atoms with Crippen LogP contribution in [0.5, 0.6) is 5.75 Å². The maximum absolute atomic E-state index is 14.8. The number of methoxy groups -OCH3 is 2. The zero-order valence-corrected chi connectivity index (χ0v) is 27.3. The highest BCUT2D eigenvalue weighted by atomic mass is 32.1. The van der Waals surface area contributed by atoms with Crippen LogP contribution in [-0.2, 0) is 28.5 Å². The molecule has 3 aliphatic heterocycles. The molecule has 14 heteroatoms. The Kier molecular flexibility index (Phi) is 9.62. The van der Waals surface area contributed by atoms with E-state index in [1.54, 1.807) is 12.0 Å². The average Bonchev–Trinajstić information content (AvgIpc) is 3.76. The second-order valence-corrected chi connectivity index (χ2v) is 12.7. The van der Waals surface area contributed by atoms with Crippen molar-refractivity contribution < 1.29 is 47.3 Å². The largest absolute Gasteiger partial charge is 0.496 e. The van der Waals surface area contributed by atoms with Gasteiger partial charge in [0.05, 0.1) is 43.5 Å². The monoisotopic (exact) mass is 667 g/mol. The lowest BCUT2D eigenvalue weighted by molar-refractivity contribution is -0.144. The first-order valence-corrected chi connectivity index (χ1v) is 16.3. The number of carbonyl (C=O) groups excluding carboxylic acids is 4. The highest BCUT2D eigenvalue weighted by molar-refractivity contribution is 7.20. The van der Waals surface area contributed by atoms with E-state index in [9.17, 15) is 19.2 Å². The number of carbonyl (C=O) groups is 4. The van der Waals surface area contributed by atoms with Crippen molar-refractivity contribution in [1.82, 2.24) is 9.88 Å². The van der Waals surface area contributed by atoms with E-state index < -0.39 is 30.2 Å². The molecular weight excluding hydrogens is 630 g/mol. The number of ether oxygens (including phenoxy) is 5. The van der Waals surface area contributed by atoms with Crippen LogP contribution >= 0.6 is 11.3 Å². The summed E-state index contributed by atoms with van der Waals surface area (Å²) < 4.78 is 33.3. The van der Waals surface area contributed by atoms with Gasteiger partial charge in [-0.3, -0.25) is 14.5 Å². The van der Waals surface area contributed by atoms with Crippen LogP contribution in [0.2, 0.25) is 0 Å². The Morgan fingerprint density at radius 2 is 1.87 bits per heavy atom. The Balaban J connectivity index is 1.37. The molecule has 1 spiro atoms.